The minimum atomic E-state index is -0.0441. The van der Waals surface area contributed by atoms with Crippen molar-refractivity contribution in [2.45, 2.75) is 76.1 Å². The second kappa shape index (κ2) is 9.43. The third-order valence-electron chi connectivity index (χ3n) is 8.22. The molecule has 0 unspecified atom stereocenters. The lowest BCUT2D eigenvalue weighted by atomic mass is 9.77. The van der Waals surface area contributed by atoms with Crippen LogP contribution in [-0.4, -0.2) is 82.1 Å². The number of fused-ring (bicyclic) bond motifs is 1. The van der Waals surface area contributed by atoms with E-state index in [2.05, 4.69) is 15.8 Å². The third kappa shape index (κ3) is 4.53. The van der Waals surface area contributed by atoms with Crippen LogP contribution in [0.15, 0.2) is 4.52 Å². The number of aryl methyl sites for hydroxylation is 2. The highest BCUT2D eigenvalue weighted by Crippen LogP contribution is 2.41. The van der Waals surface area contributed by atoms with Crippen LogP contribution in [0.4, 0.5) is 4.79 Å². The van der Waals surface area contributed by atoms with Crippen LogP contribution in [0.3, 0.4) is 0 Å². The molecule has 0 radical (unpaired) electrons. The van der Waals surface area contributed by atoms with Crippen LogP contribution in [0.25, 0.3) is 0 Å². The maximum absolute atomic E-state index is 12.9. The molecule has 1 spiro atoms. The van der Waals surface area contributed by atoms with Gasteiger partial charge < -0.3 is 25.0 Å². The van der Waals surface area contributed by atoms with Crippen molar-refractivity contribution in [1.29, 1.82) is 0 Å². The third-order valence-corrected chi connectivity index (χ3v) is 9.73. The summed E-state index contributed by atoms with van der Waals surface area (Å²) in [6, 6.07) is 0.454. The summed E-state index contributed by atoms with van der Waals surface area (Å²) in [6.45, 7) is 6.68. The largest absolute Gasteiger partial charge is 0.361 e. The fourth-order valence-electron chi connectivity index (χ4n) is 6.11. The molecule has 0 aliphatic carbocycles. The molecular weight excluding hydrogens is 454 g/mol. The monoisotopic (exact) mass is 489 g/mol. The molecule has 1 aromatic rings. The first-order chi connectivity index (χ1) is 16.3. The van der Waals surface area contributed by atoms with Crippen LogP contribution >= 0.6 is 11.8 Å². The van der Waals surface area contributed by atoms with Gasteiger partial charge in [0.1, 0.15) is 11.3 Å². The van der Waals surface area contributed by atoms with E-state index in [1.54, 1.807) is 6.92 Å². The van der Waals surface area contributed by atoms with Crippen molar-refractivity contribution >= 4 is 29.6 Å². The number of carbonyl (C=O) groups is 3. The van der Waals surface area contributed by atoms with Gasteiger partial charge in [0, 0.05) is 43.6 Å². The smallest absolute Gasteiger partial charge is 0.315 e. The Kier molecular flexibility index (Phi) is 6.52. The molecule has 2 N–H and O–H groups in total. The van der Waals surface area contributed by atoms with Gasteiger partial charge in [-0.15, -0.1) is 0 Å². The first kappa shape index (κ1) is 23.5. The number of nitrogens with one attached hydrogen (secondary N) is 2. The molecular formula is C24H35N5O4S. The molecule has 4 amide bonds. The number of nitrogens with zero attached hydrogens (tertiary/aromatic N) is 3. The summed E-state index contributed by atoms with van der Waals surface area (Å²) in [5.41, 5.74) is 1.39. The second-order valence-electron chi connectivity index (χ2n) is 10.4. The molecule has 0 saturated carbocycles. The Labute approximate surface area is 204 Å². The second-order valence-corrected chi connectivity index (χ2v) is 11.7. The molecule has 10 heteroatoms. The van der Waals surface area contributed by atoms with Gasteiger partial charge in [-0.2, -0.15) is 11.8 Å². The van der Waals surface area contributed by atoms with Crippen molar-refractivity contribution in [2.75, 3.05) is 31.9 Å². The van der Waals surface area contributed by atoms with E-state index in [1.165, 1.54) is 0 Å². The molecule has 4 aliphatic heterocycles. The van der Waals surface area contributed by atoms with E-state index in [9.17, 15) is 14.4 Å². The number of unbranched alkanes of at least 4 members (excludes halogenated alkanes) is 1. The lowest BCUT2D eigenvalue weighted by molar-refractivity contribution is -0.130. The number of urea groups is 1. The Balaban J connectivity index is 1.04. The van der Waals surface area contributed by atoms with Gasteiger partial charge in [-0.1, -0.05) is 11.6 Å². The normalized spacial score (nSPS) is 27.7. The molecule has 1 aromatic heterocycles. The van der Waals surface area contributed by atoms with Crippen molar-refractivity contribution < 1.29 is 18.9 Å². The van der Waals surface area contributed by atoms with Crippen molar-refractivity contribution in [3.63, 3.8) is 0 Å². The summed E-state index contributed by atoms with van der Waals surface area (Å²) in [4.78, 5) is 41.3. The van der Waals surface area contributed by atoms with Crippen LogP contribution in [0.1, 0.15) is 66.8 Å². The van der Waals surface area contributed by atoms with Crippen molar-refractivity contribution in [2.24, 2.45) is 5.41 Å². The molecule has 3 atom stereocenters. The van der Waals surface area contributed by atoms with Crippen LogP contribution in [-0.2, 0) is 4.79 Å². The first-order valence-electron chi connectivity index (χ1n) is 12.5. The minimum absolute atomic E-state index is 0.0109. The van der Waals surface area contributed by atoms with Crippen molar-refractivity contribution in [3.8, 4) is 0 Å². The summed E-state index contributed by atoms with van der Waals surface area (Å²) in [6.07, 6.45) is 6.46. The number of likely N-dealkylation sites (tertiary alicyclic amines) is 2. The molecule has 9 nitrogen and oxygen atoms in total. The lowest BCUT2D eigenvalue weighted by Crippen LogP contribution is -2.45. The minimum Gasteiger partial charge on any atom is -0.361 e. The predicted molar refractivity (Wildman–Crippen MR) is 129 cm³/mol. The highest BCUT2D eigenvalue weighted by atomic mass is 32.2. The zero-order chi connectivity index (χ0) is 23.9. The van der Waals surface area contributed by atoms with Crippen LogP contribution in [0, 0.1) is 19.3 Å². The summed E-state index contributed by atoms with van der Waals surface area (Å²) < 4.78 is 5.17. The molecule has 0 aromatic carbocycles. The van der Waals surface area contributed by atoms with Crippen LogP contribution in [0.5, 0.6) is 0 Å². The Morgan fingerprint density at radius 3 is 2.56 bits per heavy atom. The van der Waals surface area contributed by atoms with Crippen LogP contribution < -0.4 is 10.6 Å². The van der Waals surface area contributed by atoms with Gasteiger partial charge in [0.15, 0.2) is 0 Å². The molecule has 34 heavy (non-hydrogen) atoms. The van der Waals surface area contributed by atoms with Gasteiger partial charge >= 0.3 is 6.03 Å². The van der Waals surface area contributed by atoms with E-state index < -0.39 is 0 Å². The van der Waals surface area contributed by atoms with Gasteiger partial charge in [0.2, 0.25) is 5.91 Å². The van der Waals surface area contributed by atoms with E-state index in [4.69, 9.17) is 4.52 Å². The first-order valence-corrected chi connectivity index (χ1v) is 13.6. The maximum Gasteiger partial charge on any atom is 0.315 e. The highest BCUT2D eigenvalue weighted by molar-refractivity contribution is 8.00. The Morgan fingerprint density at radius 2 is 1.85 bits per heavy atom. The number of aromatic nitrogens is 1. The Hall–Kier alpha value is -2.23. The number of thioether (sulfide) groups is 1. The number of carbonyl (C=O) groups excluding carboxylic acids is 3. The van der Waals surface area contributed by atoms with E-state index in [0.29, 0.717) is 28.7 Å². The molecule has 4 saturated heterocycles. The molecule has 4 aliphatic rings. The summed E-state index contributed by atoms with van der Waals surface area (Å²) >= 11 is 1.93. The van der Waals surface area contributed by atoms with Crippen molar-refractivity contribution in [3.05, 3.63) is 17.0 Å². The van der Waals surface area contributed by atoms with E-state index in [-0.39, 0.29) is 35.3 Å². The number of hydrogen-bond donors (Lipinski definition) is 2. The summed E-state index contributed by atoms with van der Waals surface area (Å²) in [7, 11) is 0. The number of rotatable bonds is 6. The zero-order valence-corrected chi connectivity index (χ0v) is 20.9. The predicted octanol–water partition coefficient (Wildman–Crippen LogP) is 2.47. The molecule has 4 fully saturated rings. The topological polar surface area (TPSA) is 108 Å². The van der Waals surface area contributed by atoms with E-state index in [1.807, 2.05) is 28.5 Å². The quantitative estimate of drug-likeness (QED) is 0.470. The van der Waals surface area contributed by atoms with Crippen molar-refractivity contribution in [1.82, 2.24) is 25.6 Å². The average molecular weight is 490 g/mol. The fourth-order valence-corrected chi connectivity index (χ4v) is 7.65. The van der Waals surface area contributed by atoms with Gasteiger partial charge in [-0.25, -0.2) is 4.79 Å². The number of hydrogen-bond acceptors (Lipinski definition) is 6. The van der Waals surface area contributed by atoms with E-state index in [0.717, 1.165) is 70.5 Å². The molecule has 186 valence electrons. The van der Waals surface area contributed by atoms with Gasteiger partial charge in [-0.3, -0.25) is 9.59 Å². The number of amides is 4. The van der Waals surface area contributed by atoms with Gasteiger partial charge in [0.25, 0.3) is 5.91 Å². The maximum atomic E-state index is 12.9. The average Bonchev–Trinajstić information content (AvgIpc) is 3.57. The summed E-state index contributed by atoms with van der Waals surface area (Å²) in [5, 5.41) is 10.4. The van der Waals surface area contributed by atoms with Crippen LogP contribution in [0.2, 0.25) is 0 Å². The van der Waals surface area contributed by atoms with Gasteiger partial charge in [-0.05, 0) is 51.4 Å². The molecule has 5 heterocycles. The Bertz CT molecular complexity index is 938. The number of piperidine rings is 1. The molecule has 0 bridgehead atoms. The SMILES string of the molecule is Cc1noc(C)c1C(=O)N1CCC2(CCN(C(=O)CCCC[C@@H]3SC[C@@H]4NC(=O)N[C@@H]43)C2)CC1. The zero-order valence-electron chi connectivity index (χ0n) is 20.1. The van der Waals surface area contributed by atoms with Gasteiger partial charge in [0.05, 0.1) is 17.8 Å². The molecule has 5 rings (SSSR count). The highest BCUT2D eigenvalue weighted by Gasteiger charge is 2.44. The van der Waals surface area contributed by atoms with E-state index >= 15 is 0 Å². The fraction of sp³-hybridized carbons (Fsp3) is 0.750. The standard InChI is InChI=1S/C24H35N5O4S/c1-15-20(16(2)33-27-15)22(31)28-10-7-24(8-11-28)9-12-29(14-24)19(30)6-4-3-5-18-21-17(13-34-18)25-23(32)26-21/h17-18,21H,3-14H2,1-2H3,(H2,25,26,32)/t17-,18-,21-/m0/s1. The summed E-state index contributed by atoms with van der Waals surface area (Å²) in [5.74, 6) is 1.83. The lowest BCUT2D eigenvalue weighted by Gasteiger charge is -2.39. The Morgan fingerprint density at radius 1 is 1.12 bits per heavy atom.